The molecule has 0 bridgehead atoms. The molecule has 23 heavy (non-hydrogen) atoms. The van der Waals surface area contributed by atoms with Crippen LogP contribution < -0.4 is 0 Å². The Labute approximate surface area is 133 Å². The van der Waals surface area contributed by atoms with Crippen molar-refractivity contribution >= 4 is 23.9 Å². The number of ether oxygens (including phenoxy) is 5. The maximum atomic E-state index is 11.8. The predicted octanol–water partition coefficient (Wildman–Crippen LogP) is -0.0531. The number of carbonyl (C=O) groups is 4. The second-order valence-electron chi connectivity index (χ2n) is 5.06. The average molecular weight is 332 g/mol. The van der Waals surface area contributed by atoms with Crippen LogP contribution in [-0.2, 0) is 42.9 Å². The molecule has 1 aliphatic rings. The van der Waals surface area contributed by atoms with Crippen molar-refractivity contribution in [1.29, 1.82) is 0 Å². The van der Waals surface area contributed by atoms with Gasteiger partial charge < -0.3 is 23.7 Å². The first-order chi connectivity index (χ1) is 10.7. The van der Waals surface area contributed by atoms with Crippen LogP contribution in [0.4, 0.5) is 0 Å². The summed E-state index contributed by atoms with van der Waals surface area (Å²) in [4.78, 5) is 45.7. The van der Waals surface area contributed by atoms with Gasteiger partial charge in [0.25, 0.3) is 0 Å². The zero-order chi connectivity index (χ0) is 17.7. The Morgan fingerprint density at radius 2 is 1.30 bits per heavy atom. The summed E-state index contributed by atoms with van der Waals surface area (Å²) in [6, 6.07) is 0. The second-order valence-corrected chi connectivity index (χ2v) is 5.06. The third kappa shape index (κ3) is 4.92. The van der Waals surface area contributed by atoms with E-state index in [0.29, 0.717) is 0 Å². The van der Waals surface area contributed by atoms with Crippen LogP contribution >= 0.6 is 0 Å². The van der Waals surface area contributed by atoms with E-state index in [1.165, 1.54) is 6.92 Å². The Bertz CT molecular complexity index is 487. The molecule has 1 aliphatic heterocycles. The molecule has 1 rings (SSSR count). The van der Waals surface area contributed by atoms with Gasteiger partial charge in [-0.2, -0.15) is 0 Å². The van der Waals surface area contributed by atoms with Gasteiger partial charge in [0, 0.05) is 26.7 Å². The fraction of sp³-hybridized carbons (Fsp3) is 0.714. The van der Waals surface area contributed by atoms with Crippen molar-refractivity contribution in [3.63, 3.8) is 0 Å². The van der Waals surface area contributed by atoms with Crippen molar-refractivity contribution in [2.45, 2.75) is 52.3 Å². The van der Waals surface area contributed by atoms with Crippen molar-refractivity contribution in [1.82, 2.24) is 0 Å². The van der Waals surface area contributed by atoms with Crippen LogP contribution in [0.5, 0.6) is 0 Å². The molecule has 5 atom stereocenters. The van der Waals surface area contributed by atoms with E-state index in [-0.39, 0.29) is 0 Å². The molecule has 0 spiro atoms. The van der Waals surface area contributed by atoms with E-state index in [1.54, 1.807) is 6.92 Å². The van der Waals surface area contributed by atoms with Gasteiger partial charge in [-0.3, -0.25) is 14.4 Å². The van der Waals surface area contributed by atoms with E-state index in [2.05, 4.69) is 4.74 Å². The Kier molecular flexibility index (Phi) is 6.49. The molecule has 0 aliphatic carbocycles. The average Bonchev–Trinajstić information content (AvgIpc) is 2.43. The highest BCUT2D eigenvalue weighted by Crippen LogP contribution is 2.32. The van der Waals surface area contributed by atoms with Gasteiger partial charge >= 0.3 is 23.9 Å². The monoisotopic (exact) mass is 332 g/mol. The lowest BCUT2D eigenvalue weighted by molar-refractivity contribution is -0.280. The molecular weight excluding hydrogens is 312 g/mol. The van der Waals surface area contributed by atoms with Crippen LogP contribution in [0.15, 0.2) is 0 Å². The van der Waals surface area contributed by atoms with Gasteiger partial charge in [-0.15, -0.1) is 0 Å². The first-order valence-corrected chi connectivity index (χ1v) is 6.92. The molecule has 0 N–H and O–H groups in total. The standard InChI is InChI=1S/C14H20O9/c1-6-10(20-7(2)15)12(21-8(3)16)14(22-9(4)17)23-11(6)13(18)19-5/h6,10-12,14H,1-5H3/t6-,10-,11-,12+,14?/m0/s1. The summed E-state index contributed by atoms with van der Waals surface area (Å²) in [6.07, 6.45) is -4.80. The number of hydrogen-bond donors (Lipinski definition) is 0. The van der Waals surface area contributed by atoms with Gasteiger partial charge in [-0.25, -0.2) is 4.79 Å². The van der Waals surface area contributed by atoms with Gasteiger partial charge in [0.2, 0.25) is 12.4 Å². The second kappa shape index (κ2) is 7.91. The van der Waals surface area contributed by atoms with Gasteiger partial charge in [-0.05, 0) is 0 Å². The van der Waals surface area contributed by atoms with Crippen LogP contribution in [-0.4, -0.2) is 55.6 Å². The third-order valence-electron chi connectivity index (χ3n) is 3.19. The highest BCUT2D eigenvalue weighted by Gasteiger charge is 2.52. The van der Waals surface area contributed by atoms with Crippen LogP contribution in [0.2, 0.25) is 0 Å². The van der Waals surface area contributed by atoms with Crippen molar-refractivity contribution in [2.75, 3.05) is 7.11 Å². The summed E-state index contributed by atoms with van der Waals surface area (Å²) in [5.74, 6) is -3.47. The molecule has 1 heterocycles. The van der Waals surface area contributed by atoms with Crippen LogP contribution in [0.1, 0.15) is 27.7 Å². The highest BCUT2D eigenvalue weighted by atomic mass is 16.7. The number of carbonyl (C=O) groups excluding carboxylic acids is 4. The summed E-state index contributed by atoms with van der Waals surface area (Å²) in [5, 5.41) is 0. The summed E-state index contributed by atoms with van der Waals surface area (Å²) in [6.45, 7) is 5.00. The molecule has 1 fully saturated rings. The Morgan fingerprint density at radius 3 is 1.74 bits per heavy atom. The molecule has 1 saturated heterocycles. The lowest BCUT2D eigenvalue weighted by Crippen LogP contribution is -2.59. The Balaban J connectivity index is 3.17. The van der Waals surface area contributed by atoms with E-state index in [1.807, 2.05) is 0 Å². The minimum Gasteiger partial charge on any atom is -0.467 e. The Hall–Kier alpha value is -2.16. The largest absolute Gasteiger partial charge is 0.467 e. The zero-order valence-corrected chi connectivity index (χ0v) is 13.6. The van der Waals surface area contributed by atoms with Crippen molar-refractivity contribution in [2.24, 2.45) is 5.92 Å². The smallest absolute Gasteiger partial charge is 0.335 e. The molecular formula is C14H20O9. The van der Waals surface area contributed by atoms with Crippen LogP contribution in [0.25, 0.3) is 0 Å². The molecule has 0 aromatic rings. The quantitative estimate of drug-likeness (QED) is 0.516. The molecule has 0 radical (unpaired) electrons. The molecule has 0 aromatic heterocycles. The van der Waals surface area contributed by atoms with E-state index >= 15 is 0 Å². The number of esters is 4. The van der Waals surface area contributed by atoms with Crippen LogP contribution in [0, 0.1) is 5.92 Å². The van der Waals surface area contributed by atoms with Gasteiger partial charge in [0.15, 0.2) is 12.2 Å². The SMILES string of the molecule is COC(=O)[C@H]1OC(OC(C)=O)[C@H](OC(C)=O)[C@@H](OC(C)=O)[C@@H]1C. The molecule has 9 nitrogen and oxygen atoms in total. The maximum Gasteiger partial charge on any atom is 0.335 e. The molecule has 0 saturated carbocycles. The van der Waals surface area contributed by atoms with Crippen molar-refractivity contribution < 1.29 is 42.9 Å². The zero-order valence-electron chi connectivity index (χ0n) is 13.6. The minimum atomic E-state index is -1.40. The normalized spacial score (nSPS) is 30.0. The maximum absolute atomic E-state index is 11.8. The summed E-state index contributed by atoms with van der Waals surface area (Å²) in [7, 11) is 1.16. The lowest BCUT2D eigenvalue weighted by Gasteiger charge is -2.42. The number of hydrogen-bond acceptors (Lipinski definition) is 9. The fourth-order valence-corrected chi connectivity index (χ4v) is 2.30. The first-order valence-electron chi connectivity index (χ1n) is 6.92. The fourth-order valence-electron chi connectivity index (χ4n) is 2.30. The van der Waals surface area contributed by atoms with Crippen molar-refractivity contribution in [3.8, 4) is 0 Å². The molecule has 1 unspecified atom stereocenters. The van der Waals surface area contributed by atoms with E-state index in [0.717, 1.165) is 21.0 Å². The predicted molar refractivity (Wildman–Crippen MR) is 72.7 cm³/mol. The van der Waals surface area contributed by atoms with E-state index in [9.17, 15) is 19.2 Å². The van der Waals surface area contributed by atoms with Gasteiger partial charge in [-0.1, -0.05) is 6.92 Å². The van der Waals surface area contributed by atoms with Crippen LogP contribution in [0.3, 0.4) is 0 Å². The van der Waals surface area contributed by atoms with Gasteiger partial charge in [0.05, 0.1) is 7.11 Å². The summed E-state index contributed by atoms with van der Waals surface area (Å²) >= 11 is 0. The summed E-state index contributed by atoms with van der Waals surface area (Å²) < 4.78 is 25.2. The molecule has 9 heteroatoms. The highest BCUT2D eigenvalue weighted by molar-refractivity contribution is 5.75. The van der Waals surface area contributed by atoms with Gasteiger partial charge in [0.1, 0.15) is 0 Å². The van der Waals surface area contributed by atoms with E-state index < -0.39 is 54.4 Å². The lowest BCUT2D eigenvalue weighted by atomic mass is 9.90. The minimum absolute atomic E-state index is 0.647. The third-order valence-corrected chi connectivity index (χ3v) is 3.19. The Morgan fingerprint density at radius 1 is 0.826 bits per heavy atom. The molecule has 130 valence electrons. The number of methoxy groups -OCH3 is 1. The van der Waals surface area contributed by atoms with E-state index in [4.69, 9.17) is 18.9 Å². The first kappa shape index (κ1) is 18.9. The van der Waals surface area contributed by atoms with Crippen molar-refractivity contribution in [3.05, 3.63) is 0 Å². The summed E-state index contributed by atoms with van der Waals surface area (Å²) in [5.41, 5.74) is 0. The molecule has 0 amide bonds. The topological polar surface area (TPSA) is 114 Å². The molecule has 0 aromatic carbocycles. The number of rotatable bonds is 4.